The molecule has 1 saturated carbocycles. The molecule has 1 N–H and O–H groups in total. The highest BCUT2D eigenvalue weighted by molar-refractivity contribution is 6.10. The Bertz CT molecular complexity index is 879. The van der Waals surface area contributed by atoms with E-state index in [9.17, 15) is 24.5 Å². The van der Waals surface area contributed by atoms with Crippen molar-refractivity contribution in [3.8, 4) is 0 Å². The molecule has 1 aromatic rings. The molecule has 0 spiro atoms. The quantitative estimate of drug-likeness (QED) is 0.378. The zero-order chi connectivity index (χ0) is 19.5. The molecule has 8 heteroatoms. The van der Waals surface area contributed by atoms with Gasteiger partial charge in [-0.3, -0.25) is 29.4 Å². The third-order valence-corrected chi connectivity index (χ3v) is 5.95. The van der Waals surface area contributed by atoms with Gasteiger partial charge in [-0.2, -0.15) is 0 Å². The fourth-order valence-electron chi connectivity index (χ4n) is 4.56. The monoisotopic (exact) mass is 369 g/mol. The first kappa shape index (κ1) is 17.4. The van der Waals surface area contributed by atoms with Crippen LogP contribution in [-0.4, -0.2) is 33.6 Å². The lowest BCUT2D eigenvalue weighted by atomic mass is 9.85. The van der Waals surface area contributed by atoms with Crippen molar-refractivity contribution in [1.29, 1.82) is 0 Å². The summed E-state index contributed by atoms with van der Waals surface area (Å²) in [5.74, 6) is -1.54. The summed E-state index contributed by atoms with van der Waals surface area (Å²) in [5, 5.41) is 13.5. The van der Waals surface area contributed by atoms with Crippen LogP contribution in [0.15, 0.2) is 30.4 Å². The Balaban J connectivity index is 1.51. The van der Waals surface area contributed by atoms with Crippen LogP contribution in [-0.2, 0) is 14.4 Å². The number of carbonyl (C=O) groups excluding carboxylic acids is 3. The fourth-order valence-corrected chi connectivity index (χ4v) is 4.56. The van der Waals surface area contributed by atoms with Gasteiger partial charge in [0.2, 0.25) is 17.7 Å². The zero-order valence-electron chi connectivity index (χ0n) is 14.9. The summed E-state index contributed by atoms with van der Waals surface area (Å²) in [6.07, 6.45) is 4.85. The number of non-ortho nitro benzene ring substituents is 1. The number of likely N-dealkylation sites (tertiary alicyclic amines) is 1. The van der Waals surface area contributed by atoms with Crippen LogP contribution in [0.25, 0.3) is 0 Å². The number of aryl methyl sites for hydroxylation is 1. The summed E-state index contributed by atoms with van der Waals surface area (Å²) < 4.78 is 0. The van der Waals surface area contributed by atoms with E-state index in [4.69, 9.17) is 0 Å². The van der Waals surface area contributed by atoms with Crippen LogP contribution < -0.4 is 5.32 Å². The summed E-state index contributed by atoms with van der Waals surface area (Å²) in [4.78, 5) is 49.6. The summed E-state index contributed by atoms with van der Waals surface area (Å²) in [6.45, 7) is 3.18. The van der Waals surface area contributed by atoms with E-state index in [1.165, 1.54) is 25.1 Å². The molecule has 1 aliphatic heterocycles. The summed E-state index contributed by atoms with van der Waals surface area (Å²) in [5.41, 5.74) is 0.876. The first-order chi connectivity index (χ1) is 12.8. The molecule has 1 saturated heterocycles. The Morgan fingerprint density at radius 1 is 1.22 bits per heavy atom. The normalized spacial score (nSPS) is 29.2. The Morgan fingerprint density at radius 2 is 1.81 bits per heavy atom. The Morgan fingerprint density at radius 3 is 2.33 bits per heavy atom. The first-order valence-electron chi connectivity index (χ1n) is 8.90. The number of amides is 3. The van der Waals surface area contributed by atoms with E-state index in [2.05, 4.69) is 5.32 Å². The number of nitrogens with one attached hydrogen (secondary N) is 1. The molecule has 2 fully saturated rings. The molecule has 5 atom stereocenters. The van der Waals surface area contributed by atoms with Gasteiger partial charge in [0.05, 0.1) is 16.8 Å². The number of hydrogen-bond donors (Lipinski definition) is 1. The van der Waals surface area contributed by atoms with E-state index in [1.54, 1.807) is 6.92 Å². The number of benzene rings is 1. The number of imide groups is 1. The molecule has 1 aromatic carbocycles. The van der Waals surface area contributed by atoms with Crippen molar-refractivity contribution >= 4 is 29.1 Å². The number of fused-ring (bicyclic) bond motifs is 5. The lowest BCUT2D eigenvalue weighted by Gasteiger charge is -2.24. The maximum atomic E-state index is 12.8. The summed E-state index contributed by atoms with van der Waals surface area (Å²) in [7, 11) is 0. The highest BCUT2D eigenvalue weighted by Gasteiger charge is 2.60. The van der Waals surface area contributed by atoms with E-state index in [0.29, 0.717) is 11.3 Å². The van der Waals surface area contributed by atoms with Crippen LogP contribution in [0.4, 0.5) is 11.4 Å². The van der Waals surface area contributed by atoms with Gasteiger partial charge in [-0.25, -0.2) is 0 Å². The standard InChI is InChI=1S/C19H19N3O5/c1-9-7-13(22(26)27)5-6-14(9)20-17(23)10(2)21-18(24)15-11-3-4-12(8-11)16(15)19(21)25/h3-7,10-12,15-16H,8H2,1-2H3,(H,20,23). The second kappa shape index (κ2) is 6.00. The van der Waals surface area contributed by atoms with Crippen molar-refractivity contribution in [2.45, 2.75) is 26.3 Å². The first-order valence-corrected chi connectivity index (χ1v) is 8.90. The van der Waals surface area contributed by atoms with Crippen LogP contribution >= 0.6 is 0 Å². The minimum absolute atomic E-state index is 0.0701. The van der Waals surface area contributed by atoms with Crippen molar-refractivity contribution in [3.05, 3.63) is 46.0 Å². The number of anilines is 1. The van der Waals surface area contributed by atoms with Crippen molar-refractivity contribution in [2.24, 2.45) is 23.7 Å². The number of hydrogen-bond acceptors (Lipinski definition) is 5. The molecule has 140 valence electrons. The van der Waals surface area contributed by atoms with Gasteiger partial charge < -0.3 is 5.32 Å². The maximum Gasteiger partial charge on any atom is 0.269 e. The third kappa shape index (κ3) is 2.55. The topological polar surface area (TPSA) is 110 Å². The van der Waals surface area contributed by atoms with Gasteiger partial charge in [0, 0.05) is 17.8 Å². The number of nitro groups is 1. The molecule has 2 bridgehead atoms. The molecule has 4 rings (SSSR count). The number of carbonyl (C=O) groups is 3. The van der Waals surface area contributed by atoms with Gasteiger partial charge in [0.15, 0.2) is 0 Å². The predicted molar refractivity (Wildman–Crippen MR) is 95.5 cm³/mol. The van der Waals surface area contributed by atoms with Gasteiger partial charge in [-0.05, 0) is 43.7 Å². The van der Waals surface area contributed by atoms with Crippen molar-refractivity contribution < 1.29 is 19.3 Å². The molecule has 0 radical (unpaired) electrons. The second-order valence-corrected chi connectivity index (χ2v) is 7.47. The summed E-state index contributed by atoms with van der Waals surface area (Å²) >= 11 is 0. The molecule has 0 aromatic heterocycles. The predicted octanol–water partition coefficient (Wildman–Crippen LogP) is 2.04. The number of nitro benzene ring substituents is 1. The van der Waals surface area contributed by atoms with E-state index >= 15 is 0 Å². The SMILES string of the molecule is Cc1cc([N+](=O)[O-])ccc1NC(=O)C(C)N1C(=O)C2C3C=CC(C3)C2C1=O. The lowest BCUT2D eigenvalue weighted by molar-refractivity contribution is -0.384. The van der Waals surface area contributed by atoms with Crippen LogP contribution in [0, 0.1) is 40.7 Å². The van der Waals surface area contributed by atoms with Crippen molar-refractivity contribution in [1.82, 2.24) is 4.90 Å². The van der Waals surface area contributed by atoms with Crippen LogP contribution in [0.2, 0.25) is 0 Å². The minimum atomic E-state index is -0.940. The van der Waals surface area contributed by atoms with Gasteiger partial charge >= 0.3 is 0 Å². The molecule has 1 heterocycles. The van der Waals surface area contributed by atoms with Gasteiger partial charge in [-0.15, -0.1) is 0 Å². The lowest BCUT2D eigenvalue weighted by Crippen LogP contribution is -2.46. The number of rotatable bonds is 4. The molecular formula is C19H19N3O5. The highest BCUT2D eigenvalue weighted by atomic mass is 16.6. The molecular weight excluding hydrogens is 350 g/mol. The highest BCUT2D eigenvalue weighted by Crippen LogP contribution is 2.52. The van der Waals surface area contributed by atoms with Gasteiger partial charge in [-0.1, -0.05) is 12.2 Å². The van der Waals surface area contributed by atoms with E-state index in [-0.39, 0.29) is 41.2 Å². The Hall–Kier alpha value is -3.03. The van der Waals surface area contributed by atoms with Gasteiger partial charge in [0.25, 0.3) is 5.69 Å². The smallest absolute Gasteiger partial charge is 0.269 e. The molecule has 27 heavy (non-hydrogen) atoms. The average molecular weight is 369 g/mol. The van der Waals surface area contributed by atoms with Gasteiger partial charge in [0.1, 0.15) is 6.04 Å². The van der Waals surface area contributed by atoms with Crippen molar-refractivity contribution in [2.75, 3.05) is 5.32 Å². The van der Waals surface area contributed by atoms with Crippen LogP contribution in [0.5, 0.6) is 0 Å². The largest absolute Gasteiger partial charge is 0.324 e. The molecule has 3 amide bonds. The Labute approximate surface area is 155 Å². The summed E-state index contributed by atoms with van der Waals surface area (Å²) in [6, 6.07) is 3.17. The molecule has 5 unspecified atom stereocenters. The maximum absolute atomic E-state index is 12.8. The number of allylic oxidation sites excluding steroid dienone is 2. The van der Waals surface area contributed by atoms with Crippen LogP contribution in [0.1, 0.15) is 18.9 Å². The molecule has 8 nitrogen and oxygen atoms in total. The second-order valence-electron chi connectivity index (χ2n) is 7.47. The van der Waals surface area contributed by atoms with E-state index < -0.39 is 16.9 Å². The van der Waals surface area contributed by atoms with Crippen molar-refractivity contribution in [3.63, 3.8) is 0 Å². The average Bonchev–Trinajstić information content (AvgIpc) is 3.30. The van der Waals surface area contributed by atoms with Crippen LogP contribution in [0.3, 0.4) is 0 Å². The molecule has 3 aliphatic rings. The Kier molecular flexibility index (Phi) is 3.87. The third-order valence-electron chi connectivity index (χ3n) is 5.95. The minimum Gasteiger partial charge on any atom is -0.324 e. The number of nitrogens with zero attached hydrogens (tertiary/aromatic N) is 2. The fraction of sp³-hybridized carbons (Fsp3) is 0.421. The van der Waals surface area contributed by atoms with E-state index in [1.807, 2.05) is 12.2 Å². The van der Waals surface area contributed by atoms with E-state index in [0.717, 1.165) is 11.3 Å². The molecule has 2 aliphatic carbocycles. The zero-order valence-corrected chi connectivity index (χ0v) is 14.9.